The molecule has 0 saturated heterocycles. The second kappa shape index (κ2) is 11.2. The van der Waals surface area contributed by atoms with E-state index >= 15 is 0 Å². The summed E-state index contributed by atoms with van der Waals surface area (Å²) >= 11 is 1.65. The molecule has 2 aromatic rings. The Morgan fingerprint density at radius 3 is 2.76 bits per heavy atom. The topological polar surface area (TPSA) is 58.5 Å². The monoisotopic (exact) mass is 478 g/mol. The van der Waals surface area contributed by atoms with E-state index in [4.69, 9.17) is 4.74 Å². The third kappa shape index (κ3) is 7.15. The Morgan fingerprint density at radius 1 is 1.36 bits per heavy atom. The van der Waals surface area contributed by atoms with Crippen LogP contribution >= 0.6 is 35.3 Å². The van der Waals surface area contributed by atoms with Crippen LogP contribution in [0, 0.1) is 12.7 Å². The molecule has 138 valence electrons. The van der Waals surface area contributed by atoms with Crippen LogP contribution < -0.4 is 15.4 Å². The van der Waals surface area contributed by atoms with Gasteiger partial charge in [-0.3, -0.25) is 4.99 Å². The number of thiazole rings is 1. The first-order valence-electron chi connectivity index (χ1n) is 7.89. The summed E-state index contributed by atoms with van der Waals surface area (Å²) in [6.45, 7) is 5.50. The van der Waals surface area contributed by atoms with Crippen molar-refractivity contribution in [3.63, 3.8) is 0 Å². The van der Waals surface area contributed by atoms with E-state index in [0.717, 1.165) is 29.2 Å². The Hall–Kier alpha value is -1.42. The van der Waals surface area contributed by atoms with E-state index in [-0.39, 0.29) is 35.5 Å². The average molecular weight is 478 g/mol. The highest BCUT2D eigenvalue weighted by Gasteiger charge is 2.05. The fourth-order valence-corrected chi connectivity index (χ4v) is 2.81. The molecule has 0 amide bonds. The molecule has 2 N–H and O–H groups in total. The Labute approximate surface area is 169 Å². The number of halogens is 2. The minimum atomic E-state index is -0.349. The van der Waals surface area contributed by atoms with Gasteiger partial charge in [0.15, 0.2) is 17.5 Å². The Morgan fingerprint density at radius 2 is 2.16 bits per heavy atom. The summed E-state index contributed by atoms with van der Waals surface area (Å²) in [5, 5.41) is 9.54. The molecule has 0 unspecified atom stereocenters. The van der Waals surface area contributed by atoms with Gasteiger partial charge in [-0.25, -0.2) is 9.37 Å². The number of ether oxygens (including phenoxy) is 1. The van der Waals surface area contributed by atoms with Crippen molar-refractivity contribution in [1.82, 2.24) is 15.6 Å². The summed E-state index contributed by atoms with van der Waals surface area (Å²) in [5.41, 5.74) is 1.91. The average Bonchev–Trinajstić information content (AvgIpc) is 2.98. The summed E-state index contributed by atoms with van der Waals surface area (Å²) in [6.07, 6.45) is 0.836. The number of hydrogen-bond acceptors (Lipinski definition) is 4. The fraction of sp³-hybridized carbons (Fsp3) is 0.412. The highest BCUT2D eigenvalue weighted by Crippen LogP contribution is 2.18. The van der Waals surface area contributed by atoms with Crippen LogP contribution in [0.4, 0.5) is 4.39 Å². The Balaban J connectivity index is 0.00000312. The lowest BCUT2D eigenvalue weighted by Crippen LogP contribution is -2.37. The molecule has 0 saturated carbocycles. The van der Waals surface area contributed by atoms with Crippen molar-refractivity contribution >= 4 is 41.3 Å². The number of aryl methyl sites for hydroxylation is 1. The van der Waals surface area contributed by atoms with Crippen LogP contribution in [0.1, 0.15) is 23.2 Å². The maximum absolute atomic E-state index is 13.8. The van der Waals surface area contributed by atoms with Crippen molar-refractivity contribution in [3.05, 3.63) is 45.7 Å². The molecule has 1 aromatic carbocycles. The molecular weight excluding hydrogens is 454 g/mol. The van der Waals surface area contributed by atoms with Crippen LogP contribution in [0.15, 0.2) is 28.6 Å². The van der Waals surface area contributed by atoms with E-state index in [2.05, 4.69) is 26.0 Å². The van der Waals surface area contributed by atoms with Crippen molar-refractivity contribution in [3.8, 4) is 5.75 Å². The quantitative estimate of drug-likeness (QED) is 0.364. The minimum absolute atomic E-state index is 0. The summed E-state index contributed by atoms with van der Waals surface area (Å²) < 4.78 is 19.0. The smallest absolute Gasteiger partial charge is 0.191 e. The summed E-state index contributed by atoms with van der Waals surface area (Å²) in [7, 11) is 1.71. The van der Waals surface area contributed by atoms with E-state index in [9.17, 15) is 4.39 Å². The van der Waals surface area contributed by atoms with Crippen molar-refractivity contribution in [2.75, 3.05) is 20.2 Å². The molecule has 1 heterocycles. The van der Waals surface area contributed by atoms with Gasteiger partial charge < -0.3 is 15.4 Å². The predicted molar refractivity (Wildman–Crippen MR) is 112 cm³/mol. The fourth-order valence-electron chi connectivity index (χ4n) is 2.17. The van der Waals surface area contributed by atoms with Crippen LogP contribution in [0.5, 0.6) is 5.75 Å². The number of aromatic nitrogens is 1. The largest absolute Gasteiger partial charge is 0.491 e. The molecule has 0 spiro atoms. The number of rotatable bonds is 7. The van der Waals surface area contributed by atoms with Gasteiger partial charge in [0.05, 0.1) is 17.3 Å². The number of aliphatic imine (C=N–C) groups is 1. The van der Waals surface area contributed by atoms with Gasteiger partial charge in [0.1, 0.15) is 0 Å². The molecule has 0 radical (unpaired) electrons. The number of benzene rings is 1. The van der Waals surface area contributed by atoms with Gasteiger partial charge in [0, 0.05) is 31.9 Å². The number of nitrogens with zero attached hydrogens (tertiary/aromatic N) is 2. The van der Waals surface area contributed by atoms with Crippen molar-refractivity contribution in [2.45, 2.75) is 26.8 Å². The lowest BCUT2D eigenvalue weighted by atomic mass is 10.2. The molecule has 5 nitrogen and oxygen atoms in total. The van der Waals surface area contributed by atoms with E-state index in [1.54, 1.807) is 24.5 Å². The van der Waals surface area contributed by atoms with E-state index in [1.165, 1.54) is 6.07 Å². The van der Waals surface area contributed by atoms with E-state index in [1.807, 2.05) is 19.9 Å². The van der Waals surface area contributed by atoms with E-state index in [0.29, 0.717) is 19.1 Å². The molecule has 0 aliphatic rings. The zero-order valence-electron chi connectivity index (χ0n) is 14.6. The molecule has 0 bridgehead atoms. The Bertz CT molecular complexity index is 693. The van der Waals surface area contributed by atoms with Crippen molar-refractivity contribution in [1.29, 1.82) is 0 Å². The lowest BCUT2D eigenvalue weighted by Gasteiger charge is -2.12. The Kier molecular flexibility index (Phi) is 9.73. The van der Waals surface area contributed by atoms with Crippen LogP contribution in [0.2, 0.25) is 0 Å². The third-order valence-corrected chi connectivity index (χ3v) is 4.14. The number of hydrogen-bond donors (Lipinski definition) is 2. The molecule has 2 rings (SSSR count). The highest BCUT2D eigenvalue weighted by molar-refractivity contribution is 14.0. The first-order chi connectivity index (χ1) is 11.6. The van der Waals surface area contributed by atoms with Crippen LogP contribution in [-0.2, 0) is 13.0 Å². The van der Waals surface area contributed by atoms with Crippen LogP contribution in [0.25, 0.3) is 0 Å². The molecule has 0 aliphatic heterocycles. The first-order valence-corrected chi connectivity index (χ1v) is 8.77. The zero-order valence-corrected chi connectivity index (χ0v) is 17.8. The van der Waals surface area contributed by atoms with Gasteiger partial charge in [-0.15, -0.1) is 35.3 Å². The second-order valence-corrected chi connectivity index (χ2v) is 6.22. The van der Waals surface area contributed by atoms with Crippen molar-refractivity contribution < 1.29 is 9.13 Å². The predicted octanol–water partition coefficient (Wildman–Crippen LogP) is 3.52. The standard InChI is InChI=1S/C17H23FN4OS.HI/c1-4-23-16-6-5-13(9-15(16)18)10-21-17(19-3)20-8-7-14-11-24-12(2)22-14;/h5-6,9,11H,4,7-8,10H2,1-3H3,(H2,19,20,21);1H. The van der Waals surface area contributed by atoms with Crippen LogP contribution in [-0.4, -0.2) is 31.1 Å². The van der Waals surface area contributed by atoms with Gasteiger partial charge in [0.25, 0.3) is 0 Å². The van der Waals surface area contributed by atoms with Gasteiger partial charge in [-0.2, -0.15) is 0 Å². The van der Waals surface area contributed by atoms with Gasteiger partial charge in [-0.1, -0.05) is 6.07 Å². The maximum atomic E-state index is 13.8. The van der Waals surface area contributed by atoms with E-state index < -0.39 is 0 Å². The molecule has 8 heteroatoms. The first kappa shape index (κ1) is 21.6. The molecule has 0 atom stereocenters. The lowest BCUT2D eigenvalue weighted by molar-refractivity contribution is 0.321. The number of nitrogens with one attached hydrogen (secondary N) is 2. The minimum Gasteiger partial charge on any atom is -0.491 e. The van der Waals surface area contributed by atoms with Gasteiger partial charge >= 0.3 is 0 Å². The summed E-state index contributed by atoms with van der Waals surface area (Å²) in [6, 6.07) is 4.96. The van der Waals surface area contributed by atoms with Gasteiger partial charge in [-0.05, 0) is 31.5 Å². The molecule has 1 aromatic heterocycles. The molecule has 25 heavy (non-hydrogen) atoms. The normalized spacial score (nSPS) is 11.0. The van der Waals surface area contributed by atoms with Crippen molar-refractivity contribution in [2.24, 2.45) is 4.99 Å². The summed E-state index contributed by atoms with van der Waals surface area (Å²) in [5.74, 6) is 0.608. The molecular formula is C17H24FIN4OS. The number of guanidine groups is 1. The summed E-state index contributed by atoms with van der Waals surface area (Å²) in [4.78, 5) is 8.59. The zero-order chi connectivity index (χ0) is 17.4. The van der Waals surface area contributed by atoms with Gasteiger partial charge in [0.2, 0.25) is 0 Å². The molecule has 0 aliphatic carbocycles. The highest BCUT2D eigenvalue weighted by atomic mass is 127. The third-order valence-electron chi connectivity index (χ3n) is 3.32. The second-order valence-electron chi connectivity index (χ2n) is 5.16. The SMILES string of the molecule is CCOc1ccc(CNC(=NC)NCCc2csc(C)n2)cc1F.I. The molecule has 0 fully saturated rings. The van der Waals surface area contributed by atoms with Crippen LogP contribution in [0.3, 0.4) is 0 Å². The maximum Gasteiger partial charge on any atom is 0.191 e.